The van der Waals surface area contributed by atoms with E-state index >= 15 is 0 Å². The Hall–Kier alpha value is -3.34. The molecule has 7 atom stereocenters. The van der Waals surface area contributed by atoms with Gasteiger partial charge in [0.15, 0.2) is 11.5 Å². The number of aromatic hydroxyl groups is 1. The maximum Gasteiger partial charge on any atom is 0.430 e. The Labute approximate surface area is 278 Å². The first-order chi connectivity index (χ1) is 22.9. The van der Waals surface area contributed by atoms with Gasteiger partial charge in [0, 0.05) is 42.8 Å². The number of fused-ring (bicyclic) bond motifs is 3. The Morgan fingerprint density at radius 2 is 1.83 bits per heavy atom. The number of phenolic OH excluding ortho intramolecular Hbond substituents is 1. The van der Waals surface area contributed by atoms with E-state index in [0.29, 0.717) is 25.0 Å². The van der Waals surface area contributed by atoms with Crippen LogP contribution in [0.5, 0.6) is 11.5 Å². The summed E-state index contributed by atoms with van der Waals surface area (Å²) in [5, 5.41) is 22.4. The normalized spacial score (nSPS) is 35.4. The molecule has 10 heteroatoms. The molecular weight excluding hydrogens is 623 g/mol. The van der Waals surface area contributed by atoms with E-state index in [1.165, 1.54) is 64.3 Å². The highest BCUT2D eigenvalue weighted by atomic mass is 19.4. The molecule has 1 saturated heterocycles. The minimum Gasteiger partial charge on any atom is -0.542 e. The van der Waals surface area contributed by atoms with Gasteiger partial charge in [0.1, 0.15) is 17.7 Å². The van der Waals surface area contributed by atoms with Crippen LogP contribution in [0.4, 0.5) is 13.2 Å². The van der Waals surface area contributed by atoms with Gasteiger partial charge in [0.05, 0.1) is 44.8 Å². The highest BCUT2D eigenvalue weighted by Crippen LogP contribution is 2.77. The lowest BCUT2D eigenvalue weighted by molar-refractivity contribution is -0.952. The summed E-state index contributed by atoms with van der Waals surface area (Å²) in [7, 11) is 4.47. The second kappa shape index (κ2) is 10.8. The zero-order valence-electron chi connectivity index (χ0n) is 27.4. The van der Waals surface area contributed by atoms with Crippen LogP contribution in [-0.4, -0.2) is 73.3 Å². The molecule has 4 bridgehead atoms. The van der Waals surface area contributed by atoms with Crippen molar-refractivity contribution in [2.24, 2.45) is 17.3 Å². The quantitative estimate of drug-likeness (QED) is 0.339. The molecule has 3 aromatic rings. The van der Waals surface area contributed by atoms with Crippen molar-refractivity contribution in [2.45, 2.75) is 80.9 Å². The van der Waals surface area contributed by atoms with Crippen LogP contribution in [0.3, 0.4) is 0 Å². The number of hydrogen-bond acceptors (Lipinski definition) is 6. The van der Waals surface area contributed by atoms with Gasteiger partial charge >= 0.3 is 6.18 Å². The summed E-state index contributed by atoms with van der Waals surface area (Å²) in [6.07, 6.45) is 3.05. The molecule has 2 spiro atoms. The van der Waals surface area contributed by atoms with Gasteiger partial charge < -0.3 is 33.7 Å². The zero-order chi connectivity index (χ0) is 33.7. The first-order valence-electron chi connectivity index (χ1n) is 17.1. The van der Waals surface area contributed by atoms with Gasteiger partial charge in [-0.1, -0.05) is 42.5 Å². The summed E-state index contributed by atoms with van der Waals surface area (Å²) < 4.78 is 53.0. The van der Waals surface area contributed by atoms with Gasteiger partial charge in [0.2, 0.25) is 0 Å². The molecule has 48 heavy (non-hydrogen) atoms. The number of benzene rings is 3. The van der Waals surface area contributed by atoms with Gasteiger partial charge in [-0.3, -0.25) is 0 Å². The van der Waals surface area contributed by atoms with Crippen LogP contribution in [0.25, 0.3) is 10.8 Å². The van der Waals surface area contributed by atoms with E-state index in [4.69, 9.17) is 24.1 Å². The molecule has 2 heterocycles. The molecule has 0 amide bonds. The number of rotatable bonds is 7. The maximum atomic E-state index is 11.1. The van der Waals surface area contributed by atoms with Crippen LogP contribution in [0, 0.1) is 17.3 Å². The molecular formula is C38H42F3NO6. The van der Waals surface area contributed by atoms with Crippen LogP contribution in [-0.2, 0) is 32.7 Å². The molecule has 1 N–H and O–H groups in total. The number of likely N-dealkylation sites (N-methyl/N-ethyl adjacent to an activating group) is 1. The van der Waals surface area contributed by atoms with Crippen molar-refractivity contribution in [1.82, 2.24) is 0 Å². The van der Waals surface area contributed by atoms with Gasteiger partial charge in [-0.2, -0.15) is 13.2 Å². The fraction of sp³-hybridized carbons (Fsp3) is 0.553. The van der Waals surface area contributed by atoms with E-state index in [2.05, 4.69) is 55.6 Å². The van der Waals surface area contributed by atoms with Gasteiger partial charge in [-0.25, -0.2) is 0 Å². The van der Waals surface area contributed by atoms with Crippen LogP contribution in [0.15, 0.2) is 54.6 Å². The number of alkyl halides is 3. The molecule has 10 rings (SSSR count). The number of halogens is 3. The molecule has 5 aliphatic carbocycles. The number of ether oxygens (including phenoxy) is 3. The Morgan fingerprint density at radius 3 is 2.54 bits per heavy atom. The molecule has 5 fully saturated rings. The fourth-order valence-electron chi connectivity index (χ4n) is 11.1. The summed E-state index contributed by atoms with van der Waals surface area (Å²) in [5.41, 5.74) is 3.62. The maximum absolute atomic E-state index is 11.1. The van der Waals surface area contributed by atoms with Crippen LogP contribution in [0.2, 0.25) is 0 Å². The lowest BCUT2D eigenvalue weighted by Gasteiger charge is -2.74. The number of carboxylic acids is 1. The average molecular weight is 666 g/mol. The Balaban J connectivity index is 0.000000437. The number of methoxy groups -OCH3 is 1. The van der Waals surface area contributed by atoms with Crippen LogP contribution in [0.1, 0.15) is 55.2 Å². The summed E-state index contributed by atoms with van der Waals surface area (Å²) in [6, 6.07) is 19.8. The third kappa shape index (κ3) is 4.47. The number of aliphatic carboxylic acids is 1. The molecule has 2 aliphatic heterocycles. The van der Waals surface area contributed by atoms with E-state index in [1.807, 2.05) is 13.2 Å². The lowest BCUT2D eigenvalue weighted by atomic mass is 9.34. The zero-order valence-corrected chi connectivity index (χ0v) is 27.4. The van der Waals surface area contributed by atoms with Crippen molar-refractivity contribution in [1.29, 1.82) is 0 Å². The van der Waals surface area contributed by atoms with Gasteiger partial charge in [-0.05, 0) is 66.1 Å². The average Bonchev–Trinajstić information content (AvgIpc) is 3.79. The van der Waals surface area contributed by atoms with Gasteiger partial charge in [0.25, 0.3) is 0 Å². The standard InChI is InChI=1S/C36H41NO4.C2HF3O2/c1-37(20-23-7-8-23)16-15-35-31-27-11-12-29(38)32(31)41-33(35)36(39-2)14-13-34(35,30(37)18-27)19-28(36)22-40-21-24-9-10-25-5-3-4-6-26(25)17-24;3-2(4,5)1(6)7/h3-6,9-12,17,23,28,30,33H,7-8,13-16,18-22H2,1-2H3;(H,6,7)/t28-,30-,33-,34-,35+,36-,37?;/m1./s1. The fourth-order valence-corrected chi connectivity index (χ4v) is 11.1. The Bertz CT molecular complexity index is 1780. The third-order valence-corrected chi connectivity index (χ3v) is 13.2. The van der Waals surface area contributed by atoms with Crippen molar-refractivity contribution >= 4 is 16.7 Å². The van der Waals surface area contributed by atoms with Crippen molar-refractivity contribution in [3.63, 3.8) is 0 Å². The molecule has 4 saturated carbocycles. The molecule has 7 aliphatic rings. The van der Waals surface area contributed by atoms with E-state index in [9.17, 15) is 18.3 Å². The number of piperidine rings is 1. The summed E-state index contributed by atoms with van der Waals surface area (Å²) in [5.74, 6) is -0.796. The SMILES string of the molecule is CO[C@]12CC[C@@]3(C[C@@H]1COCc1ccc4ccccc4c1)[C@H]1Cc4ccc(O)c5c4[C@@]3(CC[N+]1(C)CC1CC1)[C@H]2O5.O=C([O-])C(F)(F)F. The number of hydrogen-bond donors (Lipinski definition) is 1. The first kappa shape index (κ1) is 31.9. The highest BCUT2D eigenvalue weighted by Gasteiger charge is 2.83. The van der Waals surface area contributed by atoms with E-state index < -0.39 is 17.7 Å². The molecule has 256 valence electrons. The first-order valence-corrected chi connectivity index (χ1v) is 17.1. The van der Waals surface area contributed by atoms with Gasteiger partial charge in [-0.15, -0.1) is 0 Å². The Morgan fingerprint density at radius 1 is 1.08 bits per heavy atom. The molecule has 7 nitrogen and oxygen atoms in total. The monoisotopic (exact) mass is 665 g/mol. The summed E-state index contributed by atoms with van der Waals surface area (Å²) >= 11 is 0. The number of carbonyl (C=O) groups is 1. The number of carboxylic acid groups (broad SMARTS) is 1. The van der Waals surface area contributed by atoms with Crippen LogP contribution < -0.4 is 9.84 Å². The molecule has 0 radical (unpaired) electrons. The van der Waals surface area contributed by atoms with E-state index in [1.54, 1.807) is 0 Å². The van der Waals surface area contributed by atoms with Crippen molar-refractivity contribution in [2.75, 3.05) is 33.9 Å². The van der Waals surface area contributed by atoms with Crippen molar-refractivity contribution < 1.29 is 46.9 Å². The van der Waals surface area contributed by atoms with E-state index in [-0.39, 0.29) is 22.9 Å². The predicted octanol–water partition coefficient (Wildman–Crippen LogP) is 5.43. The minimum absolute atomic E-state index is 0.0729. The topological polar surface area (TPSA) is 88.1 Å². The number of phenols is 1. The smallest absolute Gasteiger partial charge is 0.430 e. The largest absolute Gasteiger partial charge is 0.542 e. The van der Waals surface area contributed by atoms with Crippen LogP contribution >= 0.6 is 0 Å². The second-order valence-corrected chi connectivity index (χ2v) is 15.4. The van der Waals surface area contributed by atoms with Crippen molar-refractivity contribution in [3.8, 4) is 11.5 Å². The number of nitrogens with zero attached hydrogens (tertiary/aromatic N) is 1. The summed E-state index contributed by atoms with van der Waals surface area (Å²) in [4.78, 5) is 8.78. The van der Waals surface area contributed by atoms with Crippen molar-refractivity contribution in [3.05, 3.63) is 71.3 Å². The Kier molecular flexibility index (Phi) is 7.20. The third-order valence-electron chi connectivity index (χ3n) is 13.2. The van der Waals surface area contributed by atoms with E-state index in [0.717, 1.165) is 37.4 Å². The highest BCUT2D eigenvalue weighted by molar-refractivity contribution is 5.83. The predicted molar refractivity (Wildman–Crippen MR) is 169 cm³/mol. The summed E-state index contributed by atoms with van der Waals surface area (Å²) in [6.45, 7) is 3.79. The number of likely N-dealkylation sites (tertiary alicyclic amines) is 1. The molecule has 1 unspecified atom stereocenters. The molecule has 0 aromatic heterocycles. The second-order valence-electron chi connectivity index (χ2n) is 15.4. The number of quaternary nitrogens is 1. The number of carbonyl (C=O) groups excluding carboxylic acids is 1. The lowest BCUT2D eigenvalue weighted by Crippen LogP contribution is -2.83. The minimum atomic E-state index is -5.19. The molecule has 3 aromatic carbocycles.